The summed E-state index contributed by atoms with van der Waals surface area (Å²) in [6, 6.07) is 8.08. The van der Waals surface area contributed by atoms with Gasteiger partial charge < -0.3 is 5.11 Å². The van der Waals surface area contributed by atoms with Crippen LogP contribution in [0.3, 0.4) is 0 Å². The summed E-state index contributed by atoms with van der Waals surface area (Å²) in [4.78, 5) is 1.18. The van der Waals surface area contributed by atoms with Gasteiger partial charge in [0.15, 0.2) is 0 Å². The first-order valence-corrected chi connectivity index (χ1v) is 6.75. The van der Waals surface area contributed by atoms with E-state index in [0.29, 0.717) is 5.33 Å². The molecular formula is C9H10Br2OS. The van der Waals surface area contributed by atoms with Gasteiger partial charge in [-0.3, -0.25) is 0 Å². The lowest BCUT2D eigenvalue weighted by molar-refractivity contribution is 0.226. The van der Waals surface area contributed by atoms with Crippen molar-refractivity contribution in [2.75, 3.05) is 11.1 Å². The second-order valence-corrected chi connectivity index (χ2v) is 5.23. The summed E-state index contributed by atoms with van der Waals surface area (Å²) in [5, 5.41) is 9.93. The first-order chi connectivity index (χ1) is 6.22. The van der Waals surface area contributed by atoms with Crippen molar-refractivity contribution in [2.45, 2.75) is 11.0 Å². The summed E-state index contributed by atoms with van der Waals surface area (Å²) in [5.74, 6) is 0.729. The molecular weight excluding hydrogens is 316 g/mol. The summed E-state index contributed by atoms with van der Waals surface area (Å²) < 4.78 is 1.08. The summed E-state index contributed by atoms with van der Waals surface area (Å²) in [5.41, 5.74) is 0. The van der Waals surface area contributed by atoms with Crippen molar-refractivity contribution in [3.63, 3.8) is 0 Å². The Balaban J connectivity index is 2.41. The zero-order valence-electron chi connectivity index (χ0n) is 6.91. The summed E-state index contributed by atoms with van der Waals surface area (Å²) >= 11 is 8.26. The van der Waals surface area contributed by atoms with Crippen molar-refractivity contribution in [3.8, 4) is 0 Å². The number of alkyl halides is 1. The molecule has 72 valence electrons. The van der Waals surface area contributed by atoms with E-state index >= 15 is 0 Å². The molecule has 1 N–H and O–H groups in total. The van der Waals surface area contributed by atoms with Gasteiger partial charge in [-0.15, -0.1) is 11.8 Å². The second kappa shape index (κ2) is 6.06. The first-order valence-electron chi connectivity index (χ1n) is 3.85. The molecule has 0 aliphatic carbocycles. The van der Waals surface area contributed by atoms with Crippen LogP contribution in [0.15, 0.2) is 33.6 Å². The molecule has 0 aliphatic rings. The maximum Gasteiger partial charge on any atom is 0.0730 e. The van der Waals surface area contributed by atoms with Crippen LogP contribution in [-0.2, 0) is 0 Å². The van der Waals surface area contributed by atoms with Crippen LogP contribution in [0.2, 0.25) is 0 Å². The largest absolute Gasteiger partial charge is 0.391 e. The molecule has 0 spiro atoms. The quantitative estimate of drug-likeness (QED) is 0.677. The van der Waals surface area contributed by atoms with Crippen LogP contribution < -0.4 is 0 Å². The molecule has 1 rings (SSSR count). The maximum atomic E-state index is 9.30. The van der Waals surface area contributed by atoms with Crippen LogP contribution in [0.1, 0.15) is 0 Å². The van der Waals surface area contributed by atoms with Crippen molar-refractivity contribution in [2.24, 2.45) is 0 Å². The van der Waals surface area contributed by atoms with E-state index in [-0.39, 0.29) is 6.10 Å². The zero-order valence-corrected chi connectivity index (χ0v) is 10.9. The van der Waals surface area contributed by atoms with E-state index in [1.54, 1.807) is 11.8 Å². The first kappa shape index (κ1) is 11.6. The Morgan fingerprint density at radius 3 is 2.46 bits per heavy atom. The van der Waals surface area contributed by atoms with Crippen LogP contribution in [0.5, 0.6) is 0 Å². The minimum atomic E-state index is -0.270. The zero-order chi connectivity index (χ0) is 9.68. The van der Waals surface area contributed by atoms with Gasteiger partial charge in [-0.2, -0.15) is 0 Å². The van der Waals surface area contributed by atoms with Crippen molar-refractivity contribution in [1.29, 1.82) is 0 Å². The van der Waals surface area contributed by atoms with E-state index in [1.165, 1.54) is 4.90 Å². The Kier molecular flexibility index (Phi) is 5.39. The van der Waals surface area contributed by atoms with Gasteiger partial charge in [0.05, 0.1) is 6.10 Å². The van der Waals surface area contributed by atoms with Crippen molar-refractivity contribution in [1.82, 2.24) is 0 Å². The SMILES string of the molecule is OC(CBr)CSc1ccc(Br)cc1. The molecule has 1 nitrogen and oxygen atoms in total. The Morgan fingerprint density at radius 1 is 1.31 bits per heavy atom. The van der Waals surface area contributed by atoms with Gasteiger partial charge >= 0.3 is 0 Å². The maximum absolute atomic E-state index is 9.30. The third kappa shape index (κ3) is 4.49. The van der Waals surface area contributed by atoms with Gasteiger partial charge in [0.1, 0.15) is 0 Å². The Labute approximate surface area is 99.2 Å². The van der Waals surface area contributed by atoms with Crippen LogP contribution >= 0.6 is 43.6 Å². The fraction of sp³-hybridized carbons (Fsp3) is 0.333. The molecule has 0 aliphatic heterocycles. The Bertz CT molecular complexity index is 250. The van der Waals surface area contributed by atoms with E-state index in [1.807, 2.05) is 24.3 Å². The number of benzene rings is 1. The number of hydrogen-bond acceptors (Lipinski definition) is 2. The highest BCUT2D eigenvalue weighted by Gasteiger charge is 2.02. The van der Waals surface area contributed by atoms with Gasteiger partial charge in [0, 0.05) is 20.5 Å². The Hall–Kier alpha value is 0.490. The lowest BCUT2D eigenvalue weighted by Crippen LogP contribution is -2.10. The summed E-state index contributed by atoms with van der Waals surface area (Å²) in [6.45, 7) is 0. The molecule has 13 heavy (non-hydrogen) atoms. The molecule has 0 radical (unpaired) electrons. The molecule has 0 saturated heterocycles. The highest BCUT2D eigenvalue weighted by atomic mass is 79.9. The third-order valence-electron chi connectivity index (χ3n) is 1.43. The molecule has 1 aromatic rings. The second-order valence-electron chi connectivity index (χ2n) is 2.57. The number of thioether (sulfide) groups is 1. The Morgan fingerprint density at radius 2 is 1.92 bits per heavy atom. The van der Waals surface area contributed by atoms with Crippen LogP contribution in [0, 0.1) is 0 Å². The minimum absolute atomic E-state index is 0.270. The molecule has 0 bridgehead atoms. The van der Waals surface area contributed by atoms with E-state index in [0.717, 1.165) is 10.2 Å². The number of aliphatic hydroxyl groups is 1. The monoisotopic (exact) mass is 324 g/mol. The molecule has 0 aromatic heterocycles. The number of halogens is 2. The summed E-state index contributed by atoms with van der Waals surface area (Å²) in [6.07, 6.45) is -0.270. The highest BCUT2D eigenvalue weighted by Crippen LogP contribution is 2.21. The lowest BCUT2D eigenvalue weighted by atomic mass is 10.4. The molecule has 1 atom stereocenters. The molecule has 0 heterocycles. The van der Waals surface area contributed by atoms with Crippen LogP contribution in [0.25, 0.3) is 0 Å². The van der Waals surface area contributed by atoms with Crippen LogP contribution in [-0.4, -0.2) is 22.3 Å². The molecule has 0 saturated carbocycles. The predicted octanol–water partition coefficient (Wildman–Crippen LogP) is 3.30. The van der Waals surface area contributed by atoms with Gasteiger partial charge in [-0.1, -0.05) is 31.9 Å². The number of hydrogen-bond donors (Lipinski definition) is 1. The van der Waals surface area contributed by atoms with Crippen LogP contribution in [0.4, 0.5) is 0 Å². The number of rotatable bonds is 4. The van der Waals surface area contributed by atoms with Gasteiger partial charge in [-0.05, 0) is 24.3 Å². The topological polar surface area (TPSA) is 20.2 Å². The molecule has 1 aromatic carbocycles. The summed E-state index contributed by atoms with van der Waals surface area (Å²) in [7, 11) is 0. The molecule has 1 unspecified atom stereocenters. The standard InChI is InChI=1S/C9H10Br2OS/c10-5-8(12)6-13-9-3-1-7(11)2-4-9/h1-4,8,12H,5-6H2. The number of aliphatic hydroxyl groups excluding tert-OH is 1. The van der Waals surface area contributed by atoms with Gasteiger partial charge in [-0.25, -0.2) is 0 Å². The van der Waals surface area contributed by atoms with Gasteiger partial charge in [0.25, 0.3) is 0 Å². The normalized spacial score (nSPS) is 12.8. The van der Waals surface area contributed by atoms with Crippen molar-refractivity contribution >= 4 is 43.6 Å². The van der Waals surface area contributed by atoms with Crippen molar-refractivity contribution in [3.05, 3.63) is 28.7 Å². The smallest absolute Gasteiger partial charge is 0.0730 e. The fourth-order valence-corrected chi connectivity index (χ4v) is 2.40. The molecule has 0 fully saturated rings. The highest BCUT2D eigenvalue weighted by molar-refractivity contribution is 9.10. The third-order valence-corrected chi connectivity index (χ3v) is 3.87. The van der Waals surface area contributed by atoms with Gasteiger partial charge in [0.2, 0.25) is 0 Å². The van der Waals surface area contributed by atoms with E-state index in [4.69, 9.17) is 0 Å². The average Bonchev–Trinajstić information content (AvgIpc) is 2.16. The molecule has 4 heteroatoms. The lowest BCUT2D eigenvalue weighted by Gasteiger charge is -2.05. The predicted molar refractivity (Wildman–Crippen MR) is 64.7 cm³/mol. The average molecular weight is 326 g/mol. The van der Waals surface area contributed by atoms with E-state index in [2.05, 4.69) is 31.9 Å². The minimum Gasteiger partial charge on any atom is -0.391 e. The fourth-order valence-electron chi connectivity index (χ4n) is 0.768. The van der Waals surface area contributed by atoms with Crippen molar-refractivity contribution < 1.29 is 5.11 Å². The van der Waals surface area contributed by atoms with E-state index < -0.39 is 0 Å². The van der Waals surface area contributed by atoms with E-state index in [9.17, 15) is 5.11 Å². The molecule has 0 amide bonds.